The first-order valence-electron chi connectivity index (χ1n) is 5.83. The minimum atomic E-state index is -3.71. The van der Waals surface area contributed by atoms with E-state index in [1.54, 1.807) is 19.9 Å². The van der Waals surface area contributed by atoms with Crippen molar-refractivity contribution in [3.63, 3.8) is 0 Å². The highest BCUT2D eigenvalue weighted by Gasteiger charge is 2.17. The van der Waals surface area contributed by atoms with Crippen LogP contribution in [0.1, 0.15) is 13.8 Å². The number of hydrogen-bond donors (Lipinski definition) is 2. The SMILES string of the molecule is CC(C)C(=O)NS(=O)(=O)CCNC(=O)C1=CC=NC1. The average molecular weight is 287 g/mol. The summed E-state index contributed by atoms with van der Waals surface area (Å²) in [7, 11) is -3.71. The lowest BCUT2D eigenvalue weighted by molar-refractivity contribution is -0.122. The smallest absolute Gasteiger partial charge is 0.249 e. The van der Waals surface area contributed by atoms with Crippen molar-refractivity contribution in [3.8, 4) is 0 Å². The van der Waals surface area contributed by atoms with Crippen LogP contribution in [-0.2, 0) is 19.6 Å². The van der Waals surface area contributed by atoms with Crippen LogP contribution in [0.4, 0.5) is 0 Å². The van der Waals surface area contributed by atoms with E-state index < -0.39 is 21.8 Å². The van der Waals surface area contributed by atoms with Gasteiger partial charge < -0.3 is 5.32 Å². The molecule has 0 unspecified atom stereocenters. The number of hydrogen-bond acceptors (Lipinski definition) is 5. The van der Waals surface area contributed by atoms with Gasteiger partial charge in [0.05, 0.1) is 12.3 Å². The summed E-state index contributed by atoms with van der Waals surface area (Å²) in [5.41, 5.74) is 0.489. The largest absolute Gasteiger partial charge is 0.351 e. The molecule has 0 spiro atoms. The summed E-state index contributed by atoms with van der Waals surface area (Å²) in [6.45, 7) is 3.44. The molecular formula is C11H17N3O4S. The molecule has 1 rings (SSSR count). The van der Waals surface area contributed by atoms with Crippen molar-refractivity contribution < 1.29 is 18.0 Å². The Bertz CT molecular complexity index is 520. The summed E-state index contributed by atoms with van der Waals surface area (Å²) in [5.74, 6) is -1.66. The molecule has 2 amide bonds. The molecule has 0 aromatic heterocycles. The zero-order valence-corrected chi connectivity index (χ0v) is 11.7. The summed E-state index contributed by atoms with van der Waals surface area (Å²) in [6, 6.07) is 0. The molecule has 106 valence electrons. The van der Waals surface area contributed by atoms with Crippen LogP contribution >= 0.6 is 0 Å². The van der Waals surface area contributed by atoms with E-state index in [2.05, 4.69) is 10.3 Å². The van der Waals surface area contributed by atoms with Crippen LogP contribution in [-0.4, -0.2) is 45.3 Å². The quantitative estimate of drug-likeness (QED) is 0.668. The van der Waals surface area contributed by atoms with Gasteiger partial charge in [0.1, 0.15) is 0 Å². The fourth-order valence-electron chi connectivity index (χ4n) is 1.23. The number of carbonyl (C=O) groups is 2. The second-order valence-electron chi connectivity index (χ2n) is 4.38. The predicted octanol–water partition coefficient (Wildman–Crippen LogP) is -0.785. The summed E-state index contributed by atoms with van der Waals surface area (Å²) in [5, 5.41) is 2.47. The number of nitrogens with zero attached hydrogens (tertiary/aromatic N) is 1. The zero-order valence-electron chi connectivity index (χ0n) is 10.8. The maximum Gasteiger partial charge on any atom is 0.249 e. The lowest BCUT2D eigenvalue weighted by Gasteiger charge is -2.09. The molecule has 2 N–H and O–H groups in total. The van der Waals surface area contributed by atoms with E-state index >= 15 is 0 Å². The van der Waals surface area contributed by atoms with Gasteiger partial charge >= 0.3 is 0 Å². The van der Waals surface area contributed by atoms with Crippen LogP contribution in [0.15, 0.2) is 16.6 Å². The van der Waals surface area contributed by atoms with E-state index in [1.165, 1.54) is 6.21 Å². The standard InChI is InChI=1S/C11H17N3O4S/c1-8(2)10(15)14-19(17,18)6-5-13-11(16)9-3-4-12-7-9/h3-4,8H,5-7H2,1-2H3,(H,13,16)(H,14,15). The van der Waals surface area contributed by atoms with Gasteiger partial charge in [-0.2, -0.15) is 0 Å². The van der Waals surface area contributed by atoms with E-state index in [0.717, 1.165) is 0 Å². The minimum Gasteiger partial charge on any atom is -0.351 e. The lowest BCUT2D eigenvalue weighted by Crippen LogP contribution is -2.39. The summed E-state index contributed by atoms with van der Waals surface area (Å²) in [4.78, 5) is 26.6. The Morgan fingerprint density at radius 1 is 1.42 bits per heavy atom. The molecule has 1 aliphatic heterocycles. The van der Waals surface area contributed by atoms with Crippen LogP contribution < -0.4 is 10.0 Å². The molecule has 0 aromatic carbocycles. The van der Waals surface area contributed by atoms with Crippen LogP contribution in [0.5, 0.6) is 0 Å². The van der Waals surface area contributed by atoms with Gasteiger partial charge in [-0.15, -0.1) is 0 Å². The predicted molar refractivity (Wildman–Crippen MR) is 71.2 cm³/mol. The van der Waals surface area contributed by atoms with Gasteiger partial charge in [-0.05, 0) is 6.08 Å². The molecule has 0 saturated heterocycles. The van der Waals surface area contributed by atoms with Gasteiger partial charge in [-0.3, -0.25) is 19.3 Å². The van der Waals surface area contributed by atoms with E-state index in [0.29, 0.717) is 12.1 Å². The summed E-state index contributed by atoms with van der Waals surface area (Å²) in [6.07, 6.45) is 3.10. The van der Waals surface area contributed by atoms with Gasteiger partial charge in [-0.1, -0.05) is 13.8 Å². The fraction of sp³-hybridized carbons (Fsp3) is 0.545. The monoisotopic (exact) mass is 287 g/mol. The Morgan fingerprint density at radius 2 is 2.11 bits per heavy atom. The highest BCUT2D eigenvalue weighted by Crippen LogP contribution is 2.00. The Hall–Kier alpha value is -1.70. The Labute approximate surface area is 112 Å². The maximum absolute atomic E-state index is 11.5. The van der Waals surface area contributed by atoms with E-state index in [1.807, 2.05) is 4.72 Å². The average Bonchev–Trinajstić information content (AvgIpc) is 2.81. The van der Waals surface area contributed by atoms with Crippen LogP contribution in [0.3, 0.4) is 0 Å². The molecule has 0 bridgehead atoms. The molecule has 1 aliphatic rings. The minimum absolute atomic E-state index is 0.0586. The number of carbonyl (C=O) groups excluding carboxylic acids is 2. The Morgan fingerprint density at radius 3 is 2.63 bits per heavy atom. The van der Waals surface area contributed by atoms with E-state index in [4.69, 9.17) is 0 Å². The molecule has 0 aliphatic carbocycles. The Balaban J connectivity index is 2.35. The van der Waals surface area contributed by atoms with Crippen LogP contribution in [0.25, 0.3) is 0 Å². The first-order valence-corrected chi connectivity index (χ1v) is 7.48. The molecule has 0 saturated carbocycles. The zero-order chi connectivity index (χ0) is 14.5. The van der Waals surface area contributed by atoms with E-state index in [9.17, 15) is 18.0 Å². The molecule has 0 fully saturated rings. The number of amides is 2. The molecule has 0 atom stereocenters. The number of aliphatic imine (C=N–C) groups is 1. The summed E-state index contributed by atoms with van der Waals surface area (Å²) < 4.78 is 25.0. The number of rotatable bonds is 6. The molecule has 1 heterocycles. The normalized spacial score (nSPS) is 14.4. The molecular weight excluding hydrogens is 270 g/mol. The highest BCUT2D eigenvalue weighted by atomic mass is 32.2. The van der Waals surface area contributed by atoms with Crippen molar-refractivity contribution in [2.24, 2.45) is 10.9 Å². The van der Waals surface area contributed by atoms with Gasteiger partial charge in [-0.25, -0.2) is 8.42 Å². The first-order chi connectivity index (χ1) is 8.82. The maximum atomic E-state index is 11.5. The number of nitrogens with one attached hydrogen (secondary N) is 2. The van der Waals surface area contributed by atoms with Gasteiger partial charge in [0.2, 0.25) is 21.8 Å². The van der Waals surface area contributed by atoms with Crippen LogP contribution in [0.2, 0.25) is 0 Å². The fourth-order valence-corrected chi connectivity index (χ4v) is 2.24. The first kappa shape index (κ1) is 15.4. The number of sulfonamides is 1. The lowest BCUT2D eigenvalue weighted by atomic mass is 10.2. The molecule has 8 heteroatoms. The van der Waals surface area contributed by atoms with Gasteiger partial charge in [0.25, 0.3) is 0 Å². The van der Waals surface area contributed by atoms with Crippen molar-refractivity contribution in [2.75, 3.05) is 18.8 Å². The number of allylic oxidation sites excluding steroid dienone is 1. The third-order valence-corrected chi connectivity index (χ3v) is 3.63. The molecule has 0 aromatic rings. The molecule has 7 nitrogen and oxygen atoms in total. The van der Waals surface area contributed by atoms with Crippen molar-refractivity contribution in [2.45, 2.75) is 13.8 Å². The van der Waals surface area contributed by atoms with E-state index in [-0.39, 0.29) is 18.2 Å². The van der Waals surface area contributed by atoms with Crippen molar-refractivity contribution in [3.05, 3.63) is 11.6 Å². The van der Waals surface area contributed by atoms with Crippen molar-refractivity contribution in [1.82, 2.24) is 10.0 Å². The van der Waals surface area contributed by atoms with Crippen LogP contribution in [0, 0.1) is 5.92 Å². The Kier molecular flexibility index (Phi) is 5.22. The van der Waals surface area contributed by atoms with Crippen molar-refractivity contribution in [1.29, 1.82) is 0 Å². The molecule has 0 radical (unpaired) electrons. The summed E-state index contributed by atoms with van der Waals surface area (Å²) >= 11 is 0. The second-order valence-corrected chi connectivity index (χ2v) is 6.22. The second kappa shape index (κ2) is 6.46. The molecule has 19 heavy (non-hydrogen) atoms. The topological polar surface area (TPSA) is 105 Å². The van der Waals surface area contributed by atoms with Crippen molar-refractivity contribution >= 4 is 28.1 Å². The van der Waals surface area contributed by atoms with Gasteiger partial charge in [0.15, 0.2) is 0 Å². The highest BCUT2D eigenvalue weighted by molar-refractivity contribution is 7.90. The third-order valence-electron chi connectivity index (χ3n) is 2.37. The van der Waals surface area contributed by atoms with Gasteiger partial charge in [0, 0.05) is 24.3 Å². The third kappa shape index (κ3) is 5.21.